The van der Waals surface area contributed by atoms with E-state index in [2.05, 4.69) is 4.74 Å². The first kappa shape index (κ1) is 16.7. The van der Waals surface area contributed by atoms with Crippen molar-refractivity contribution in [3.05, 3.63) is 27.8 Å². The number of anilines is 1. The van der Waals surface area contributed by atoms with Gasteiger partial charge in [0, 0.05) is 19.1 Å². The minimum Gasteiger partial charge on any atom is -0.428 e. The van der Waals surface area contributed by atoms with Crippen LogP contribution in [0.25, 0.3) is 0 Å². The van der Waals surface area contributed by atoms with Gasteiger partial charge < -0.3 is 10.1 Å². The lowest BCUT2D eigenvalue weighted by Gasteiger charge is -2.19. The molecular weight excluding hydrogens is 300 g/mol. The van der Waals surface area contributed by atoms with Gasteiger partial charge >= 0.3 is 12.5 Å². The maximum atomic E-state index is 12.9. The molecule has 0 aliphatic carbocycles. The molecule has 0 aliphatic heterocycles. The van der Waals surface area contributed by atoms with Gasteiger partial charge in [-0.3, -0.25) is 14.9 Å². The predicted octanol–water partition coefficient (Wildman–Crippen LogP) is 3.10. The fourth-order valence-electron chi connectivity index (χ4n) is 1.41. The number of benzene rings is 1. The SMILES string of the molecule is CC(=O)Nc1cc(OC(F)(F)C(F)F)c(C)cc1[N+](=O)[O-]. The van der Waals surface area contributed by atoms with Crippen molar-refractivity contribution in [1.29, 1.82) is 0 Å². The van der Waals surface area contributed by atoms with E-state index in [9.17, 15) is 32.5 Å². The summed E-state index contributed by atoms with van der Waals surface area (Å²) in [7, 11) is 0. The van der Waals surface area contributed by atoms with E-state index in [0.717, 1.165) is 13.0 Å². The highest BCUT2D eigenvalue weighted by atomic mass is 19.3. The van der Waals surface area contributed by atoms with Crippen molar-refractivity contribution < 1.29 is 32.0 Å². The predicted molar refractivity (Wildman–Crippen MR) is 63.7 cm³/mol. The van der Waals surface area contributed by atoms with Crippen molar-refractivity contribution >= 4 is 17.3 Å². The van der Waals surface area contributed by atoms with Crippen LogP contribution >= 0.6 is 0 Å². The molecule has 0 atom stereocenters. The normalized spacial score (nSPS) is 11.4. The number of hydrogen-bond donors (Lipinski definition) is 1. The third kappa shape index (κ3) is 4.04. The number of ether oxygens (including phenoxy) is 1. The highest BCUT2D eigenvalue weighted by molar-refractivity contribution is 5.91. The van der Waals surface area contributed by atoms with Crippen LogP contribution in [0.3, 0.4) is 0 Å². The second-order valence-electron chi connectivity index (χ2n) is 4.04. The average molecular weight is 310 g/mol. The van der Waals surface area contributed by atoms with Crippen LogP contribution in [0.2, 0.25) is 0 Å². The molecular formula is C11H10F4N2O4. The smallest absolute Gasteiger partial charge is 0.428 e. The maximum Gasteiger partial charge on any atom is 0.461 e. The highest BCUT2D eigenvalue weighted by Crippen LogP contribution is 2.36. The average Bonchev–Trinajstić information content (AvgIpc) is 2.31. The third-order valence-electron chi connectivity index (χ3n) is 2.30. The van der Waals surface area contributed by atoms with Crippen molar-refractivity contribution in [1.82, 2.24) is 0 Å². The Balaban J connectivity index is 3.29. The first-order chi connectivity index (χ1) is 9.54. The number of hydrogen-bond acceptors (Lipinski definition) is 4. The Morgan fingerprint density at radius 3 is 2.43 bits per heavy atom. The van der Waals surface area contributed by atoms with Gasteiger partial charge in [-0.05, 0) is 12.5 Å². The number of rotatable bonds is 5. The first-order valence-electron chi connectivity index (χ1n) is 5.46. The van der Waals surface area contributed by atoms with Gasteiger partial charge in [-0.15, -0.1) is 0 Å². The van der Waals surface area contributed by atoms with E-state index >= 15 is 0 Å². The molecule has 0 saturated carbocycles. The molecule has 0 saturated heterocycles. The lowest BCUT2D eigenvalue weighted by Crippen LogP contribution is -2.33. The zero-order chi connectivity index (χ0) is 16.4. The highest BCUT2D eigenvalue weighted by Gasteiger charge is 2.44. The number of nitro groups is 1. The minimum atomic E-state index is -4.76. The molecule has 0 aliphatic rings. The Kier molecular flexibility index (Phi) is 4.71. The van der Waals surface area contributed by atoms with Crippen molar-refractivity contribution in [2.24, 2.45) is 0 Å². The van der Waals surface area contributed by atoms with Gasteiger partial charge in [-0.25, -0.2) is 0 Å². The fraction of sp³-hybridized carbons (Fsp3) is 0.364. The van der Waals surface area contributed by atoms with E-state index in [1.165, 1.54) is 6.92 Å². The molecule has 1 N–H and O–H groups in total. The Morgan fingerprint density at radius 2 is 2.00 bits per heavy atom. The van der Waals surface area contributed by atoms with Gasteiger partial charge in [0.05, 0.1) is 4.92 Å². The fourth-order valence-corrected chi connectivity index (χ4v) is 1.41. The maximum absolute atomic E-state index is 12.9. The standard InChI is InChI=1S/C11H10F4N2O4/c1-5-3-8(17(19)20)7(16-6(2)18)4-9(5)21-11(14,15)10(12)13/h3-4,10H,1-2H3,(H,16,18). The molecule has 21 heavy (non-hydrogen) atoms. The summed E-state index contributed by atoms with van der Waals surface area (Å²) in [6, 6.07) is 1.54. The monoisotopic (exact) mass is 310 g/mol. The summed E-state index contributed by atoms with van der Waals surface area (Å²) in [6.07, 6.45) is -8.83. The largest absolute Gasteiger partial charge is 0.461 e. The van der Waals surface area contributed by atoms with Crippen LogP contribution in [0.4, 0.5) is 28.9 Å². The number of nitrogens with one attached hydrogen (secondary N) is 1. The zero-order valence-corrected chi connectivity index (χ0v) is 10.8. The van der Waals surface area contributed by atoms with Gasteiger partial charge in [-0.1, -0.05) is 0 Å². The molecule has 0 spiro atoms. The lowest BCUT2D eigenvalue weighted by molar-refractivity contribution is -0.384. The summed E-state index contributed by atoms with van der Waals surface area (Å²) >= 11 is 0. The van der Waals surface area contributed by atoms with Crippen LogP contribution in [0.1, 0.15) is 12.5 Å². The molecule has 1 aromatic rings. The van der Waals surface area contributed by atoms with E-state index < -0.39 is 40.5 Å². The Labute approximate surface area is 115 Å². The number of alkyl halides is 4. The summed E-state index contributed by atoms with van der Waals surface area (Å²) in [5.74, 6) is -1.40. The molecule has 116 valence electrons. The van der Waals surface area contributed by atoms with Gasteiger partial charge in [0.25, 0.3) is 5.69 Å². The molecule has 1 amide bonds. The minimum absolute atomic E-state index is 0.156. The van der Waals surface area contributed by atoms with Crippen molar-refractivity contribution in [2.75, 3.05) is 5.32 Å². The number of carbonyl (C=O) groups is 1. The van der Waals surface area contributed by atoms with E-state index in [0.29, 0.717) is 6.07 Å². The number of carbonyl (C=O) groups excluding carboxylic acids is 1. The molecule has 0 aromatic heterocycles. The zero-order valence-electron chi connectivity index (χ0n) is 10.8. The third-order valence-corrected chi connectivity index (χ3v) is 2.30. The Hall–Kier alpha value is -2.39. The van der Waals surface area contributed by atoms with Gasteiger partial charge in [0.2, 0.25) is 5.91 Å². The van der Waals surface area contributed by atoms with Crippen LogP contribution < -0.4 is 10.1 Å². The molecule has 0 bridgehead atoms. The first-order valence-corrected chi connectivity index (χ1v) is 5.46. The molecule has 0 unspecified atom stereocenters. The second-order valence-corrected chi connectivity index (χ2v) is 4.04. The van der Waals surface area contributed by atoms with E-state index in [1.807, 2.05) is 5.32 Å². The van der Waals surface area contributed by atoms with Crippen molar-refractivity contribution in [2.45, 2.75) is 26.4 Å². The molecule has 1 aromatic carbocycles. The lowest BCUT2D eigenvalue weighted by atomic mass is 10.1. The summed E-state index contributed by atoms with van der Waals surface area (Å²) in [5, 5.41) is 12.8. The molecule has 0 fully saturated rings. The number of nitrogens with zero attached hydrogens (tertiary/aromatic N) is 1. The van der Waals surface area contributed by atoms with Crippen LogP contribution in [0.5, 0.6) is 5.75 Å². The molecule has 6 nitrogen and oxygen atoms in total. The summed E-state index contributed by atoms with van der Waals surface area (Å²) in [6.45, 7) is 2.21. The molecule has 10 heteroatoms. The number of amides is 1. The van der Waals surface area contributed by atoms with E-state index in [4.69, 9.17) is 0 Å². The Bertz CT molecular complexity index is 578. The Morgan fingerprint density at radius 1 is 1.43 bits per heavy atom. The summed E-state index contributed by atoms with van der Waals surface area (Å²) in [5.41, 5.74) is -1.16. The van der Waals surface area contributed by atoms with Crippen LogP contribution in [-0.2, 0) is 4.79 Å². The van der Waals surface area contributed by atoms with Crippen molar-refractivity contribution in [3.8, 4) is 5.75 Å². The van der Waals surface area contributed by atoms with Crippen LogP contribution in [0, 0.1) is 17.0 Å². The van der Waals surface area contributed by atoms with Crippen molar-refractivity contribution in [3.63, 3.8) is 0 Å². The molecule has 0 radical (unpaired) electrons. The van der Waals surface area contributed by atoms with E-state index in [1.54, 1.807) is 0 Å². The van der Waals surface area contributed by atoms with E-state index in [-0.39, 0.29) is 5.56 Å². The topological polar surface area (TPSA) is 81.5 Å². The number of halogens is 4. The van der Waals surface area contributed by atoms with Gasteiger partial charge in [0.1, 0.15) is 11.4 Å². The van der Waals surface area contributed by atoms with Gasteiger partial charge in [0.15, 0.2) is 0 Å². The quantitative estimate of drug-likeness (QED) is 0.515. The second kappa shape index (κ2) is 5.94. The molecule has 0 heterocycles. The van der Waals surface area contributed by atoms with Gasteiger partial charge in [-0.2, -0.15) is 17.6 Å². The summed E-state index contributed by atoms with van der Waals surface area (Å²) < 4.78 is 53.8. The summed E-state index contributed by atoms with van der Waals surface area (Å²) in [4.78, 5) is 20.9. The number of nitro benzene ring substituents is 1. The number of aryl methyl sites for hydroxylation is 1. The van der Waals surface area contributed by atoms with Crippen LogP contribution in [0.15, 0.2) is 12.1 Å². The van der Waals surface area contributed by atoms with Crippen LogP contribution in [-0.4, -0.2) is 23.4 Å². The molecule has 1 rings (SSSR count).